The summed E-state index contributed by atoms with van der Waals surface area (Å²) in [6.45, 7) is 0.843. The van der Waals surface area contributed by atoms with Crippen molar-refractivity contribution in [2.75, 3.05) is 5.32 Å². The lowest BCUT2D eigenvalue weighted by Gasteiger charge is -2.04. The lowest BCUT2D eigenvalue weighted by atomic mass is 10.3. The highest BCUT2D eigenvalue weighted by Gasteiger charge is 2.13. The van der Waals surface area contributed by atoms with Crippen LogP contribution in [0.5, 0.6) is 0 Å². The quantitative estimate of drug-likeness (QED) is 0.691. The van der Waals surface area contributed by atoms with Crippen molar-refractivity contribution in [3.8, 4) is 0 Å². The van der Waals surface area contributed by atoms with Crippen molar-refractivity contribution in [2.24, 2.45) is 0 Å². The second kappa shape index (κ2) is 3.06. The van der Waals surface area contributed by atoms with E-state index in [1.165, 1.54) is 16.1 Å². The summed E-state index contributed by atoms with van der Waals surface area (Å²) in [7, 11) is 0. The van der Waals surface area contributed by atoms with Crippen molar-refractivity contribution in [3.63, 3.8) is 0 Å². The smallest absolute Gasteiger partial charge is 0.101 e. The number of hydrogen-bond acceptors (Lipinski definition) is 3. The highest BCUT2D eigenvalue weighted by atomic mass is 32.2. The highest BCUT2D eigenvalue weighted by Crippen LogP contribution is 2.36. The maximum Gasteiger partial charge on any atom is 0.101 e. The molecule has 4 heteroatoms. The fourth-order valence-corrected chi connectivity index (χ4v) is 2.49. The molecule has 0 fully saturated rings. The van der Waals surface area contributed by atoms with Crippen LogP contribution in [-0.4, -0.2) is 10.2 Å². The Labute approximate surface area is 85.9 Å². The Bertz CT molecular complexity index is 464. The van der Waals surface area contributed by atoms with Gasteiger partial charge in [0.1, 0.15) is 5.03 Å². The highest BCUT2D eigenvalue weighted by molar-refractivity contribution is 7.99. The van der Waals surface area contributed by atoms with Gasteiger partial charge in [0, 0.05) is 22.7 Å². The Hall–Kier alpha value is -1.42. The zero-order valence-electron chi connectivity index (χ0n) is 7.45. The number of nitrogens with zero attached hydrogens (tertiary/aromatic N) is 1. The minimum Gasteiger partial charge on any atom is -0.380 e. The number of H-pyrrole nitrogens is 1. The molecule has 1 aliphatic rings. The summed E-state index contributed by atoms with van der Waals surface area (Å²) in [5, 5.41) is 11.6. The summed E-state index contributed by atoms with van der Waals surface area (Å²) in [5.74, 6) is 0. The van der Waals surface area contributed by atoms with Crippen molar-refractivity contribution in [3.05, 3.63) is 36.0 Å². The van der Waals surface area contributed by atoms with Gasteiger partial charge in [-0.2, -0.15) is 5.10 Å². The van der Waals surface area contributed by atoms with Crippen LogP contribution in [0.1, 0.15) is 5.56 Å². The molecule has 0 amide bonds. The maximum absolute atomic E-state index is 4.03. The van der Waals surface area contributed by atoms with Crippen LogP contribution >= 0.6 is 11.8 Å². The predicted octanol–water partition coefficient (Wildman–Crippen LogP) is 2.49. The molecule has 2 heterocycles. The van der Waals surface area contributed by atoms with Crippen molar-refractivity contribution < 1.29 is 0 Å². The summed E-state index contributed by atoms with van der Waals surface area (Å²) in [6.07, 6.45) is 1.88. The molecular weight excluding hydrogens is 194 g/mol. The van der Waals surface area contributed by atoms with E-state index in [1.807, 2.05) is 12.3 Å². The van der Waals surface area contributed by atoms with E-state index >= 15 is 0 Å². The topological polar surface area (TPSA) is 40.7 Å². The van der Waals surface area contributed by atoms with E-state index in [2.05, 4.69) is 33.7 Å². The summed E-state index contributed by atoms with van der Waals surface area (Å²) >= 11 is 1.73. The van der Waals surface area contributed by atoms with E-state index in [0.717, 1.165) is 11.6 Å². The minimum absolute atomic E-state index is 0.843. The van der Waals surface area contributed by atoms with Crippen molar-refractivity contribution in [1.82, 2.24) is 10.2 Å². The molecule has 0 saturated carbocycles. The molecule has 1 aromatic carbocycles. The first kappa shape index (κ1) is 7.94. The molecule has 0 unspecified atom stereocenters. The third-order valence-corrected chi connectivity index (χ3v) is 3.38. The average Bonchev–Trinajstić information content (AvgIpc) is 2.58. The van der Waals surface area contributed by atoms with Gasteiger partial charge in [0.25, 0.3) is 0 Å². The first-order chi connectivity index (χ1) is 6.93. The van der Waals surface area contributed by atoms with Crippen molar-refractivity contribution >= 4 is 17.4 Å². The third kappa shape index (κ3) is 1.19. The van der Waals surface area contributed by atoms with Crippen LogP contribution in [0, 0.1) is 0 Å². The lowest BCUT2D eigenvalue weighted by molar-refractivity contribution is 0.990. The second-order valence-corrected chi connectivity index (χ2v) is 4.23. The van der Waals surface area contributed by atoms with Gasteiger partial charge in [-0.25, -0.2) is 0 Å². The van der Waals surface area contributed by atoms with Gasteiger partial charge in [-0.3, -0.25) is 5.10 Å². The van der Waals surface area contributed by atoms with Gasteiger partial charge in [-0.1, -0.05) is 23.9 Å². The molecule has 0 aliphatic carbocycles. The van der Waals surface area contributed by atoms with Crippen LogP contribution in [0.4, 0.5) is 5.69 Å². The molecule has 0 bridgehead atoms. The zero-order chi connectivity index (χ0) is 9.38. The van der Waals surface area contributed by atoms with E-state index in [4.69, 9.17) is 0 Å². The first-order valence-electron chi connectivity index (χ1n) is 4.46. The minimum atomic E-state index is 0.843. The van der Waals surface area contributed by atoms with Crippen molar-refractivity contribution in [1.29, 1.82) is 0 Å². The molecule has 0 radical (unpaired) electrons. The molecule has 2 aromatic rings. The van der Waals surface area contributed by atoms with Gasteiger partial charge in [0.05, 0.1) is 6.20 Å². The number of anilines is 1. The number of hydrogen-bond donors (Lipinski definition) is 2. The van der Waals surface area contributed by atoms with Gasteiger partial charge in [-0.15, -0.1) is 0 Å². The average molecular weight is 203 g/mol. The van der Waals surface area contributed by atoms with Crippen LogP contribution in [0.2, 0.25) is 0 Å². The zero-order valence-corrected chi connectivity index (χ0v) is 8.27. The van der Waals surface area contributed by atoms with Gasteiger partial charge in [-0.05, 0) is 12.1 Å². The van der Waals surface area contributed by atoms with Gasteiger partial charge in [0.2, 0.25) is 0 Å². The molecule has 14 heavy (non-hydrogen) atoms. The molecule has 70 valence electrons. The fraction of sp³-hybridized carbons (Fsp3) is 0.100. The monoisotopic (exact) mass is 203 g/mol. The van der Waals surface area contributed by atoms with E-state index in [0.29, 0.717) is 0 Å². The predicted molar refractivity (Wildman–Crippen MR) is 56.5 cm³/mol. The van der Waals surface area contributed by atoms with Crippen LogP contribution in [0.25, 0.3) is 0 Å². The third-order valence-electron chi connectivity index (χ3n) is 2.25. The Morgan fingerprint density at radius 2 is 2.21 bits per heavy atom. The number of rotatable bonds is 0. The van der Waals surface area contributed by atoms with Gasteiger partial charge >= 0.3 is 0 Å². The lowest BCUT2D eigenvalue weighted by Crippen LogP contribution is -1.97. The van der Waals surface area contributed by atoms with Crippen LogP contribution < -0.4 is 5.32 Å². The Balaban J connectivity index is 2.10. The Morgan fingerprint density at radius 1 is 1.29 bits per heavy atom. The Morgan fingerprint density at radius 3 is 3.21 bits per heavy atom. The molecule has 2 N–H and O–H groups in total. The molecule has 3 nitrogen and oxygen atoms in total. The van der Waals surface area contributed by atoms with Crippen LogP contribution in [-0.2, 0) is 6.54 Å². The summed E-state index contributed by atoms with van der Waals surface area (Å²) in [4.78, 5) is 1.25. The number of aromatic amines is 1. The number of benzene rings is 1. The van der Waals surface area contributed by atoms with E-state index in [9.17, 15) is 0 Å². The van der Waals surface area contributed by atoms with Crippen LogP contribution in [0.15, 0.2) is 40.4 Å². The largest absolute Gasteiger partial charge is 0.380 e. The van der Waals surface area contributed by atoms with Crippen LogP contribution in [0.3, 0.4) is 0 Å². The Kier molecular flexibility index (Phi) is 1.73. The maximum atomic E-state index is 4.03. The number of aromatic nitrogens is 2. The molecule has 0 saturated heterocycles. The normalized spacial score (nSPS) is 13.7. The van der Waals surface area contributed by atoms with E-state index in [-0.39, 0.29) is 0 Å². The fourth-order valence-electron chi connectivity index (χ4n) is 1.52. The van der Waals surface area contributed by atoms with E-state index in [1.54, 1.807) is 11.8 Å². The van der Waals surface area contributed by atoms with Gasteiger partial charge < -0.3 is 5.32 Å². The summed E-state index contributed by atoms with van der Waals surface area (Å²) < 4.78 is 0. The molecule has 0 spiro atoms. The molecule has 0 atom stereocenters. The second-order valence-electron chi connectivity index (χ2n) is 3.18. The number of fused-ring (bicyclic) bond motifs is 2. The standard InChI is InChI=1S/C10H9N3S/c1-2-4-9-8(3-1)11-5-7-6-12-13-10(7)14-9/h1-4,6,11H,5H2,(H,12,13). The SMILES string of the molecule is c1ccc2c(c1)NCc1cn[nH]c1S2. The van der Waals surface area contributed by atoms with Gasteiger partial charge in [0.15, 0.2) is 0 Å². The van der Waals surface area contributed by atoms with E-state index < -0.39 is 0 Å². The molecule has 1 aliphatic heterocycles. The first-order valence-corrected chi connectivity index (χ1v) is 5.28. The number of para-hydroxylation sites is 1. The summed E-state index contributed by atoms with van der Waals surface area (Å²) in [6, 6.07) is 8.31. The molecule has 1 aromatic heterocycles. The number of nitrogens with one attached hydrogen (secondary N) is 2. The molecule has 3 rings (SSSR count). The molecular formula is C10H9N3S. The summed E-state index contributed by atoms with van der Waals surface area (Å²) in [5.41, 5.74) is 2.42. The van der Waals surface area contributed by atoms with Crippen molar-refractivity contribution in [2.45, 2.75) is 16.5 Å².